The molecule has 170 valence electrons. The molecule has 0 bridgehead atoms. The molecule has 3 rings (SSSR count). The summed E-state index contributed by atoms with van der Waals surface area (Å²) >= 11 is 0. The quantitative estimate of drug-likeness (QED) is 0.352. The second-order valence-corrected chi connectivity index (χ2v) is 9.06. The van der Waals surface area contributed by atoms with Gasteiger partial charge in [0.05, 0.1) is 23.2 Å². The highest BCUT2D eigenvalue weighted by molar-refractivity contribution is 7.39. The average Bonchev–Trinajstić information content (AvgIpc) is 2.76. The summed E-state index contributed by atoms with van der Waals surface area (Å²) < 4.78 is 30.7. The molecule has 0 fully saturated rings. The number of nitrogens with zero attached hydrogens (tertiary/aromatic N) is 1. The van der Waals surface area contributed by atoms with Gasteiger partial charge in [0.1, 0.15) is 11.9 Å². The largest absolute Gasteiger partial charge is 0.511 e. The fourth-order valence-electron chi connectivity index (χ4n) is 3.41. The van der Waals surface area contributed by atoms with Gasteiger partial charge in [0.2, 0.25) is 6.16 Å². The van der Waals surface area contributed by atoms with Gasteiger partial charge in [-0.2, -0.15) is 0 Å². The number of aliphatic carboxylic acids is 1. The lowest BCUT2D eigenvalue weighted by molar-refractivity contribution is -0.138. The summed E-state index contributed by atoms with van der Waals surface area (Å²) in [6, 6.07) is 13.9. The molecule has 1 heterocycles. The van der Waals surface area contributed by atoms with E-state index in [2.05, 4.69) is 11.8 Å². The molecule has 0 aliphatic heterocycles. The van der Waals surface area contributed by atoms with E-state index in [0.29, 0.717) is 5.56 Å². The Kier molecular flexibility index (Phi) is 8.24. The Morgan fingerprint density at radius 2 is 1.88 bits per heavy atom. The predicted molar refractivity (Wildman–Crippen MR) is 125 cm³/mol. The second-order valence-electron chi connectivity index (χ2n) is 7.77. The van der Waals surface area contributed by atoms with E-state index in [1.54, 1.807) is 12.1 Å². The van der Waals surface area contributed by atoms with Crippen molar-refractivity contribution < 1.29 is 28.5 Å². The first-order valence-corrected chi connectivity index (χ1v) is 11.8. The van der Waals surface area contributed by atoms with Crippen molar-refractivity contribution in [3.63, 3.8) is 0 Å². The minimum absolute atomic E-state index is 0.0572. The number of benzene rings is 2. The number of aromatic nitrogens is 1. The fourth-order valence-corrected chi connectivity index (χ4v) is 4.20. The summed E-state index contributed by atoms with van der Waals surface area (Å²) in [6.07, 6.45) is -2.03. The van der Waals surface area contributed by atoms with E-state index in [4.69, 9.17) is 14.6 Å². The van der Waals surface area contributed by atoms with Gasteiger partial charge in [-0.1, -0.05) is 56.0 Å². The van der Waals surface area contributed by atoms with Crippen LogP contribution in [0.1, 0.15) is 37.4 Å². The van der Waals surface area contributed by atoms with Gasteiger partial charge in [-0.15, -0.1) is 4.52 Å². The Bertz CT molecular complexity index is 1230. The molecule has 0 saturated carbocycles. The number of halogens is 1. The highest BCUT2D eigenvalue weighted by Crippen LogP contribution is 2.35. The number of para-hydroxylation sites is 1. The number of fused-ring (bicyclic) bond motifs is 1. The highest BCUT2D eigenvalue weighted by Gasteiger charge is 2.25. The molecule has 3 aromatic rings. The van der Waals surface area contributed by atoms with Crippen LogP contribution in [0.4, 0.5) is 4.39 Å². The molecule has 2 N–H and O–H groups in total. The van der Waals surface area contributed by atoms with E-state index in [9.17, 15) is 18.9 Å². The predicted octanol–water partition coefficient (Wildman–Crippen LogP) is 5.11. The summed E-state index contributed by atoms with van der Waals surface area (Å²) in [5, 5.41) is 19.1. The molecule has 0 amide bonds. The van der Waals surface area contributed by atoms with E-state index in [-0.39, 0.29) is 24.5 Å². The zero-order chi connectivity index (χ0) is 24.0. The maximum absolute atomic E-state index is 13.6. The van der Waals surface area contributed by atoms with Gasteiger partial charge in [0.25, 0.3) is 0 Å². The van der Waals surface area contributed by atoms with E-state index >= 15 is 0 Å². The first-order chi connectivity index (χ1) is 15.8. The first-order valence-electron chi connectivity index (χ1n) is 10.4. The van der Waals surface area contributed by atoms with Gasteiger partial charge in [0, 0.05) is 10.9 Å². The monoisotopic (exact) mass is 468 g/mol. The number of hydrogen-bond donors (Lipinski definition) is 2. The Balaban J connectivity index is 1.96. The second kappa shape index (κ2) is 11.1. The Hall–Kier alpha value is -3.17. The third-order valence-electron chi connectivity index (χ3n) is 4.86. The lowest BCUT2D eigenvalue weighted by Crippen LogP contribution is -2.15. The van der Waals surface area contributed by atoms with Crippen molar-refractivity contribution in [3.8, 4) is 23.0 Å². The van der Waals surface area contributed by atoms with Gasteiger partial charge in [0.15, 0.2) is 6.61 Å². The van der Waals surface area contributed by atoms with Gasteiger partial charge >= 0.3 is 14.0 Å². The number of aliphatic hydroxyl groups excluding tert-OH is 1. The maximum atomic E-state index is 13.6. The highest BCUT2D eigenvalue weighted by atomic mass is 31.1. The third-order valence-corrected chi connectivity index (χ3v) is 6.00. The Morgan fingerprint density at radius 1 is 1.18 bits per heavy atom. The van der Waals surface area contributed by atoms with Crippen LogP contribution in [0.15, 0.2) is 48.5 Å². The third kappa shape index (κ3) is 6.43. The van der Waals surface area contributed by atoms with Crippen LogP contribution in [0.3, 0.4) is 0 Å². The van der Waals surface area contributed by atoms with Crippen molar-refractivity contribution in [2.45, 2.75) is 32.3 Å². The lowest BCUT2D eigenvalue weighted by Gasteiger charge is -2.16. The van der Waals surface area contributed by atoms with E-state index in [0.717, 1.165) is 27.7 Å². The summed E-state index contributed by atoms with van der Waals surface area (Å²) in [5.41, 5.74) is 3.89. The summed E-state index contributed by atoms with van der Waals surface area (Å²) in [5.74, 6) is 4.50. The normalized spacial score (nSPS) is 12.3. The van der Waals surface area contributed by atoms with Crippen molar-refractivity contribution in [3.05, 3.63) is 65.6 Å². The molecule has 0 saturated heterocycles. The van der Waals surface area contributed by atoms with Crippen molar-refractivity contribution in [1.82, 2.24) is 4.98 Å². The van der Waals surface area contributed by atoms with Gasteiger partial charge in [-0.05, 0) is 34.2 Å². The summed E-state index contributed by atoms with van der Waals surface area (Å²) in [4.78, 5) is 15.4. The van der Waals surface area contributed by atoms with Crippen LogP contribution in [-0.4, -0.2) is 40.0 Å². The van der Waals surface area contributed by atoms with Crippen LogP contribution in [-0.2, 0) is 13.9 Å². The molecular weight excluding hydrogens is 444 g/mol. The summed E-state index contributed by atoms with van der Waals surface area (Å²) in [7, 11) is -2.26. The van der Waals surface area contributed by atoms with Crippen molar-refractivity contribution >= 4 is 24.9 Å². The Labute approximate surface area is 192 Å². The molecule has 8 heteroatoms. The molecule has 0 aliphatic rings. The van der Waals surface area contributed by atoms with Crippen molar-refractivity contribution in [1.29, 1.82) is 0 Å². The molecule has 0 aliphatic carbocycles. The molecule has 1 aromatic heterocycles. The Morgan fingerprint density at radius 3 is 2.55 bits per heavy atom. The fraction of sp³-hybridized carbons (Fsp3) is 0.280. The molecular formula is C25H24FNO5P+. The number of rotatable bonds is 8. The lowest BCUT2D eigenvalue weighted by atomic mass is 9.91. The van der Waals surface area contributed by atoms with Gasteiger partial charge in [-0.3, -0.25) is 9.78 Å². The number of carbonyl (C=O) groups is 1. The first kappa shape index (κ1) is 24.5. The van der Waals surface area contributed by atoms with Crippen molar-refractivity contribution in [2.24, 2.45) is 0 Å². The van der Waals surface area contributed by atoms with Crippen LogP contribution in [0, 0.1) is 17.7 Å². The number of aliphatic hydroxyl groups is 1. The number of carboxylic acids is 1. The molecule has 33 heavy (non-hydrogen) atoms. The number of carboxylic acid groups (broad SMARTS) is 1. The number of pyridine rings is 1. The molecule has 2 unspecified atom stereocenters. The molecule has 2 aromatic carbocycles. The molecule has 6 nitrogen and oxygen atoms in total. The zero-order valence-corrected chi connectivity index (χ0v) is 19.2. The van der Waals surface area contributed by atoms with Crippen LogP contribution < -0.4 is 0 Å². The minimum atomic E-state index is -2.26. The average molecular weight is 468 g/mol. The standard InChI is InChI=1S/C25H23FNO5P/c1-16(2)25-21(7-5-13-32-33(31)15-19(28)14-23(29)30)24(17-9-11-18(26)12-10-17)20-6-3-4-8-22(20)27-25/h3-4,6,8-12,16,19,28H,13-15H2,1-2H3/p+1. The van der Waals surface area contributed by atoms with Gasteiger partial charge in [-0.25, -0.2) is 4.39 Å². The van der Waals surface area contributed by atoms with Crippen LogP contribution in [0.5, 0.6) is 0 Å². The summed E-state index contributed by atoms with van der Waals surface area (Å²) in [6.45, 7) is 3.85. The SMILES string of the molecule is CC(C)c1nc2ccccc2c(-c2ccc(F)cc2)c1C#CCO[P+](=O)CC(O)CC(=O)O. The number of hydrogen-bond acceptors (Lipinski definition) is 5. The van der Waals surface area contributed by atoms with Crippen molar-refractivity contribution in [2.75, 3.05) is 12.8 Å². The van der Waals surface area contributed by atoms with E-state index in [1.165, 1.54) is 12.1 Å². The van der Waals surface area contributed by atoms with Crippen LogP contribution in [0.25, 0.3) is 22.0 Å². The van der Waals surface area contributed by atoms with Crippen LogP contribution in [0.2, 0.25) is 0 Å². The van der Waals surface area contributed by atoms with E-state index < -0.39 is 26.5 Å². The van der Waals surface area contributed by atoms with Crippen LogP contribution >= 0.6 is 8.03 Å². The topological polar surface area (TPSA) is 96.7 Å². The molecule has 0 radical (unpaired) electrons. The minimum Gasteiger partial charge on any atom is -0.481 e. The van der Waals surface area contributed by atoms with E-state index in [1.807, 2.05) is 38.1 Å². The molecule has 0 spiro atoms. The zero-order valence-electron chi connectivity index (χ0n) is 18.3. The smallest absolute Gasteiger partial charge is 0.481 e. The van der Waals surface area contributed by atoms with Gasteiger partial charge < -0.3 is 10.2 Å². The molecule has 2 atom stereocenters. The maximum Gasteiger partial charge on any atom is 0.511 e.